The molecule has 140 valence electrons. The predicted molar refractivity (Wildman–Crippen MR) is 81.9 cm³/mol. The Morgan fingerprint density at radius 2 is 1.88 bits per heavy atom. The van der Waals surface area contributed by atoms with E-state index in [0.717, 1.165) is 0 Å². The van der Waals surface area contributed by atoms with Gasteiger partial charge in [0.15, 0.2) is 17.7 Å². The third-order valence-corrected chi connectivity index (χ3v) is 3.38. The Labute approximate surface area is 145 Å². The van der Waals surface area contributed by atoms with Crippen LogP contribution in [0.3, 0.4) is 0 Å². The number of anilines is 1. The second-order valence-electron chi connectivity index (χ2n) is 4.88. The van der Waals surface area contributed by atoms with Crippen molar-refractivity contribution in [3.05, 3.63) is 11.6 Å². The number of halogens is 1. The smallest absolute Gasteiger partial charge is 0.394 e. The van der Waals surface area contributed by atoms with Gasteiger partial charge < -0.3 is 25.8 Å². The van der Waals surface area contributed by atoms with E-state index in [0.29, 0.717) is 5.52 Å². The predicted octanol–water partition coefficient (Wildman–Crippen LogP) is -1.98. The number of aliphatic hydroxyl groups excluding tert-OH is 3. The van der Waals surface area contributed by atoms with E-state index in [-0.39, 0.29) is 16.7 Å². The standard InChI is InChI=1S/C10H12ClN5O4.H2O4S/c11-10-14-7(12)4-8(15-10)16(2-13-4)9-6(19)5(18)3(1-17)20-9;1-5(2,3)4/h2-3,5-6,9,17-19H,1H2,(H2,12,14,15);(H2,1,2,3,4)/t3-,5-,6-,9+;/m1./s1. The molecule has 7 N–H and O–H groups in total. The van der Waals surface area contributed by atoms with Crippen LogP contribution in [-0.4, -0.2) is 77.3 Å². The maximum atomic E-state index is 9.99. The first-order valence-electron chi connectivity index (χ1n) is 6.50. The Morgan fingerprint density at radius 3 is 2.40 bits per heavy atom. The zero-order chi connectivity index (χ0) is 18.9. The first-order chi connectivity index (χ1) is 11.5. The van der Waals surface area contributed by atoms with Crippen molar-refractivity contribution in [2.24, 2.45) is 0 Å². The van der Waals surface area contributed by atoms with Gasteiger partial charge >= 0.3 is 10.4 Å². The van der Waals surface area contributed by atoms with Crippen molar-refractivity contribution in [3.8, 4) is 0 Å². The van der Waals surface area contributed by atoms with E-state index >= 15 is 0 Å². The summed E-state index contributed by atoms with van der Waals surface area (Å²) in [5, 5.41) is 28.8. The summed E-state index contributed by atoms with van der Waals surface area (Å²) in [4.78, 5) is 11.8. The molecule has 25 heavy (non-hydrogen) atoms. The number of nitrogens with two attached hydrogens (primary N) is 1. The molecule has 1 saturated heterocycles. The summed E-state index contributed by atoms with van der Waals surface area (Å²) >= 11 is 5.74. The number of fused-ring (bicyclic) bond motifs is 1. The summed E-state index contributed by atoms with van der Waals surface area (Å²) in [6, 6.07) is 0. The van der Waals surface area contributed by atoms with E-state index in [2.05, 4.69) is 15.0 Å². The van der Waals surface area contributed by atoms with Gasteiger partial charge in [-0.3, -0.25) is 13.7 Å². The number of aromatic nitrogens is 4. The molecule has 0 amide bonds. The minimum atomic E-state index is -4.67. The minimum absolute atomic E-state index is 0.0662. The molecule has 0 bridgehead atoms. The molecule has 3 heterocycles. The number of ether oxygens (including phenoxy) is 1. The van der Waals surface area contributed by atoms with Gasteiger partial charge in [0.1, 0.15) is 23.8 Å². The lowest BCUT2D eigenvalue weighted by molar-refractivity contribution is -0.0511. The molecule has 0 unspecified atom stereocenters. The van der Waals surface area contributed by atoms with E-state index in [1.807, 2.05) is 0 Å². The fourth-order valence-corrected chi connectivity index (χ4v) is 2.38. The van der Waals surface area contributed by atoms with Crippen LogP contribution in [0.25, 0.3) is 11.2 Å². The molecule has 0 aromatic carbocycles. The van der Waals surface area contributed by atoms with Crippen molar-refractivity contribution in [1.29, 1.82) is 0 Å². The summed E-state index contributed by atoms with van der Waals surface area (Å²) in [5.41, 5.74) is 6.27. The number of hydrogen-bond acceptors (Lipinski definition) is 10. The van der Waals surface area contributed by atoms with E-state index < -0.39 is 41.5 Å². The third-order valence-electron chi connectivity index (χ3n) is 3.21. The molecule has 0 aliphatic carbocycles. The summed E-state index contributed by atoms with van der Waals surface area (Å²) in [5.74, 6) is 0.102. The summed E-state index contributed by atoms with van der Waals surface area (Å²) in [7, 11) is -4.67. The molecule has 1 fully saturated rings. The zero-order valence-corrected chi connectivity index (χ0v) is 13.8. The monoisotopic (exact) mass is 399 g/mol. The van der Waals surface area contributed by atoms with Gasteiger partial charge in [0.2, 0.25) is 5.28 Å². The Balaban J connectivity index is 0.000000399. The SMILES string of the molecule is Nc1nc(Cl)nc2c1ncn2[C@H]1O[C@H](CO)[C@@H](O)[C@H]1O.O=S(=O)(O)O. The fourth-order valence-electron chi connectivity index (χ4n) is 2.21. The molecule has 0 saturated carbocycles. The topological polar surface area (TPSA) is 214 Å². The van der Waals surface area contributed by atoms with Gasteiger partial charge in [0.05, 0.1) is 12.9 Å². The number of hydrogen-bond donors (Lipinski definition) is 6. The number of aliphatic hydroxyl groups is 3. The van der Waals surface area contributed by atoms with E-state index in [9.17, 15) is 10.2 Å². The minimum Gasteiger partial charge on any atom is -0.394 e. The normalized spacial score (nSPS) is 26.5. The molecular weight excluding hydrogens is 386 g/mol. The van der Waals surface area contributed by atoms with Crippen LogP contribution in [0.2, 0.25) is 5.28 Å². The third kappa shape index (κ3) is 4.50. The highest BCUT2D eigenvalue weighted by Gasteiger charge is 2.44. The second-order valence-corrected chi connectivity index (χ2v) is 6.11. The van der Waals surface area contributed by atoms with Crippen LogP contribution < -0.4 is 5.73 Å². The quantitative estimate of drug-likeness (QED) is 0.239. The lowest BCUT2D eigenvalue weighted by Gasteiger charge is -2.16. The highest BCUT2D eigenvalue weighted by Crippen LogP contribution is 2.32. The van der Waals surface area contributed by atoms with E-state index in [1.54, 1.807) is 0 Å². The fraction of sp³-hybridized carbons (Fsp3) is 0.500. The Morgan fingerprint density at radius 1 is 1.28 bits per heavy atom. The van der Waals surface area contributed by atoms with Crippen LogP contribution in [0.1, 0.15) is 6.23 Å². The lowest BCUT2D eigenvalue weighted by atomic mass is 10.1. The average molecular weight is 400 g/mol. The van der Waals surface area contributed by atoms with Crippen molar-refractivity contribution in [1.82, 2.24) is 19.5 Å². The van der Waals surface area contributed by atoms with Crippen LogP contribution >= 0.6 is 11.6 Å². The van der Waals surface area contributed by atoms with Gasteiger partial charge in [-0.1, -0.05) is 0 Å². The van der Waals surface area contributed by atoms with E-state index in [4.69, 9.17) is 44.7 Å². The lowest BCUT2D eigenvalue weighted by Crippen LogP contribution is -2.33. The maximum Gasteiger partial charge on any atom is 0.394 e. The number of nitrogen functional groups attached to an aromatic ring is 1. The van der Waals surface area contributed by atoms with Gasteiger partial charge in [0, 0.05) is 0 Å². The largest absolute Gasteiger partial charge is 0.394 e. The number of nitrogens with zero attached hydrogens (tertiary/aromatic N) is 4. The maximum absolute atomic E-state index is 9.99. The molecule has 1 aliphatic heterocycles. The molecule has 15 heteroatoms. The van der Waals surface area contributed by atoms with Crippen molar-refractivity contribution < 1.29 is 37.6 Å². The molecule has 0 spiro atoms. The van der Waals surface area contributed by atoms with Crippen molar-refractivity contribution in [3.63, 3.8) is 0 Å². The summed E-state index contributed by atoms with van der Waals surface area (Å²) < 4.78 is 38.4. The first kappa shape index (κ1) is 19.7. The van der Waals surface area contributed by atoms with Crippen LogP contribution in [0.4, 0.5) is 5.82 Å². The van der Waals surface area contributed by atoms with Crippen LogP contribution in [0.5, 0.6) is 0 Å². The van der Waals surface area contributed by atoms with Crippen molar-refractivity contribution in [2.75, 3.05) is 12.3 Å². The van der Waals surface area contributed by atoms with Crippen molar-refractivity contribution in [2.45, 2.75) is 24.5 Å². The molecule has 1 aliphatic rings. The molecule has 0 radical (unpaired) electrons. The number of rotatable bonds is 2. The molecule has 4 atom stereocenters. The van der Waals surface area contributed by atoms with Crippen LogP contribution in [-0.2, 0) is 15.1 Å². The molecule has 13 nitrogen and oxygen atoms in total. The average Bonchev–Trinajstić information content (AvgIpc) is 3.00. The van der Waals surface area contributed by atoms with Gasteiger partial charge in [-0.25, -0.2) is 4.98 Å². The highest BCUT2D eigenvalue weighted by atomic mass is 35.5. The summed E-state index contributed by atoms with van der Waals surface area (Å²) in [6.45, 7) is -0.417. The molecular formula is C10H14ClN5O8S. The van der Waals surface area contributed by atoms with Crippen molar-refractivity contribution >= 4 is 39.0 Å². The molecule has 3 rings (SSSR count). The highest BCUT2D eigenvalue weighted by molar-refractivity contribution is 7.79. The van der Waals surface area contributed by atoms with Gasteiger partial charge in [-0.05, 0) is 11.6 Å². The Hall–Kier alpha value is -1.65. The molecule has 2 aromatic rings. The Bertz CT molecular complexity index is 852. The van der Waals surface area contributed by atoms with Crippen LogP contribution in [0.15, 0.2) is 6.33 Å². The first-order valence-corrected chi connectivity index (χ1v) is 8.28. The molecule has 2 aromatic heterocycles. The zero-order valence-electron chi connectivity index (χ0n) is 12.2. The van der Waals surface area contributed by atoms with E-state index in [1.165, 1.54) is 10.9 Å². The van der Waals surface area contributed by atoms with Gasteiger partial charge in [-0.15, -0.1) is 0 Å². The second kappa shape index (κ2) is 7.30. The summed E-state index contributed by atoms with van der Waals surface area (Å²) in [6.07, 6.45) is -2.93. The van der Waals surface area contributed by atoms with Crippen LogP contribution in [0, 0.1) is 0 Å². The van der Waals surface area contributed by atoms with Gasteiger partial charge in [-0.2, -0.15) is 18.4 Å². The number of imidazole rings is 1. The van der Waals surface area contributed by atoms with Gasteiger partial charge in [0.25, 0.3) is 0 Å². The Kier molecular flexibility index (Phi) is 5.75.